The fourth-order valence-corrected chi connectivity index (χ4v) is 2.99. The molecule has 0 atom stereocenters. The highest BCUT2D eigenvalue weighted by atomic mass is 79.9. The van der Waals surface area contributed by atoms with Gasteiger partial charge in [-0.25, -0.2) is 0 Å². The Balaban J connectivity index is 0.000000212. The number of halogens is 1. The average Bonchev–Trinajstić information content (AvgIpc) is 2.69. The Bertz CT molecular complexity index is 845. The van der Waals surface area contributed by atoms with Crippen molar-refractivity contribution in [3.8, 4) is 11.1 Å². The number of benzene rings is 3. The minimum Gasteiger partial charge on any atom is -0.298 e. The van der Waals surface area contributed by atoms with E-state index in [1.165, 1.54) is 4.90 Å². The van der Waals surface area contributed by atoms with Crippen LogP contribution in [0.25, 0.3) is 11.1 Å². The first kappa shape index (κ1) is 19.2. The number of carbonyl (C=O) groups is 2. The number of aldehydes is 2. The molecule has 0 aromatic heterocycles. The Morgan fingerprint density at radius 1 is 0.760 bits per heavy atom. The van der Waals surface area contributed by atoms with E-state index in [9.17, 15) is 9.59 Å². The van der Waals surface area contributed by atoms with Gasteiger partial charge in [-0.1, -0.05) is 70.5 Å². The zero-order chi connectivity index (χ0) is 18.1. The van der Waals surface area contributed by atoms with Gasteiger partial charge in [-0.15, -0.1) is 11.8 Å². The van der Waals surface area contributed by atoms with E-state index in [4.69, 9.17) is 0 Å². The average molecular weight is 413 g/mol. The molecule has 3 aromatic carbocycles. The predicted octanol–water partition coefficient (Wildman–Crippen LogP) is 6.15. The van der Waals surface area contributed by atoms with Crippen LogP contribution in [0.5, 0.6) is 0 Å². The molecule has 0 N–H and O–H groups in total. The number of hydrogen-bond donors (Lipinski definition) is 0. The highest BCUT2D eigenvalue weighted by Gasteiger charge is 2.02. The highest BCUT2D eigenvalue weighted by Crippen LogP contribution is 2.25. The molecule has 0 aliphatic heterocycles. The maximum atomic E-state index is 10.9. The van der Waals surface area contributed by atoms with Crippen molar-refractivity contribution >= 4 is 40.3 Å². The second-order valence-electron chi connectivity index (χ2n) is 5.07. The Labute approximate surface area is 160 Å². The Morgan fingerprint density at radius 2 is 1.32 bits per heavy atom. The van der Waals surface area contributed by atoms with Gasteiger partial charge in [-0.3, -0.25) is 9.59 Å². The first-order chi connectivity index (χ1) is 12.2. The van der Waals surface area contributed by atoms with Gasteiger partial charge in [-0.2, -0.15) is 0 Å². The van der Waals surface area contributed by atoms with Crippen molar-refractivity contribution in [2.24, 2.45) is 0 Å². The first-order valence-electron chi connectivity index (χ1n) is 7.58. The molecule has 0 fully saturated rings. The summed E-state index contributed by atoms with van der Waals surface area (Å²) in [6.45, 7) is 0. The molecule has 3 rings (SSSR count). The lowest BCUT2D eigenvalue weighted by Gasteiger charge is -2.05. The van der Waals surface area contributed by atoms with Crippen LogP contribution in [0.4, 0.5) is 0 Å². The summed E-state index contributed by atoms with van der Waals surface area (Å²) >= 11 is 4.94. The van der Waals surface area contributed by atoms with Gasteiger partial charge in [0.05, 0.1) is 0 Å². The topological polar surface area (TPSA) is 34.1 Å². The van der Waals surface area contributed by atoms with Crippen LogP contribution in [0.15, 0.2) is 82.2 Å². The zero-order valence-corrected chi connectivity index (χ0v) is 16.1. The molecule has 0 amide bonds. The van der Waals surface area contributed by atoms with Crippen molar-refractivity contribution in [3.05, 3.63) is 88.4 Å². The van der Waals surface area contributed by atoms with E-state index in [2.05, 4.69) is 28.1 Å². The Hall–Kier alpha value is -2.17. The van der Waals surface area contributed by atoms with Gasteiger partial charge < -0.3 is 0 Å². The molecule has 126 valence electrons. The molecule has 0 heterocycles. The second kappa shape index (κ2) is 9.97. The largest absolute Gasteiger partial charge is 0.298 e. The maximum absolute atomic E-state index is 10.9. The fraction of sp³-hybridized carbons (Fsp3) is 0.0476. The molecule has 4 heteroatoms. The summed E-state index contributed by atoms with van der Waals surface area (Å²) in [6, 6.07) is 23.2. The molecule has 0 unspecified atom stereocenters. The standard InChI is InChI=1S/C14H12OS.C7H5BrO/c1-16-13-8-6-11(7-9-13)14-5-3-2-4-12(14)10-15;8-7-4-2-1-3-6(7)5-9/h2-10H,1H3;1-5H. The van der Waals surface area contributed by atoms with Gasteiger partial charge >= 0.3 is 0 Å². The van der Waals surface area contributed by atoms with Gasteiger partial charge in [0.1, 0.15) is 0 Å². The van der Waals surface area contributed by atoms with Gasteiger partial charge in [0, 0.05) is 20.5 Å². The third kappa shape index (κ3) is 5.41. The van der Waals surface area contributed by atoms with Crippen molar-refractivity contribution in [1.82, 2.24) is 0 Å². The number of thioether (sulfide) groups is 1. The van der Waals surface area contributed by atoms with E-state index in [1.54, 1.807) is 17.8 Å². The molecule has 0 aliphatic carbocycles. The van der Waals surface area contributed by atoms with E-state index in [0.29, 0.717) is 5.56 Å². The molecule has 3 aromatic rings. The van der Waals surface area contributed by atoms with Crippen molar-refractivity contribution < 1.29 is 9.59 Å². The molecule has 0 saturated heterocycles. The fourth-order valence-electron chi connectivity index (χ4n) is 2.20. The Kier molecular flexibility index (Phi) is 7.64. The zero-order valence-electron chi connectivity index (χ0n) is 13.7. The van der Waals surface area contributed by atoms with E-state index in [0.717, 1.165) is 33.7 Å². The summed E-state index contributed by atoms with van der Waals surface area (Å²) in [5.41, 5.74) is 3.50. The monoisotopic (exact) mass is 412 g/mol. The van der Waals surface area contributed by atoms with Crippen molar-refractivity contribution in [1.29, 1.82) is 0 Å². The van der Waals surface area contributed by atoms with Gasteiger partial charge in [0.25, 0.3) is 0 Å². The summed E-state index contributed by atoms with van der Waals surface area (Å²) in [4.78, 5) is 22.3. The van der Waals surface area contributed by atoms with Crippen LogP contribution < -0.4 is 0 Å². The minimum absolute atomic E-state index is 0.692. The summed E-state index contributed by atoms with van der Waals surface area (Å²) in [6.07, 6.45) is 3.77. The molecular formula is C21H17BrO2S. The van der Waals surface area contributed by atoms with E-state index < -0.39 is 0 Å². The molecule has 2 nitrogen and oxygen atoms in total. The summed E-state index contributed by atoms with van der Waals surface area (Å²) < 4.78 is 0.847. The van der Waals surface area contributed by atoms with E-state index >= 15 is 0 Å². The van der Waals surface area contributed by atoms with E-state index in [-0.39, 0.29) is 0 Å². The molecule has 0 aliphatic rings. The predicted molar refractivity (Wildman–Crippen MR) is 109 cm³/mol. The smallest absolute Gasteiger partial charge is 0.151 e. The molecule has 0 radical (unpaired) electrons. The molecule has 25 heavy (non-hydrogen) atoms. The van der Waals surface area contributed by atoms with Crippen molar-refractivity contribution in [3.63, 3.8) is 0 Å². The third-order valence-corrected chi connectivity index (χ3v) is 4.99. The molecule has 0 bridgehead atoms. The number of carbonyl (C=O) groups excluding carboxylic acids is 2. The SMILES string of the molecule is CSc1ccc(-c2ccccc2C=O)cc1.O=Cc1ccccc1Br. The van der Waals surface area contributed by atoms with Crippen LogP contribution in [0, 0.1) is 0 Å². The summed E-state index contributed by atoms with van der Waals surface area (Å²) in [7, 11) is 0. The number of hydrogen-bond acceptors (Lipinski definition) is 3. The number of rotatable bonds is 4. The third-order valence-electron chi connectivity index (χ3n) is 3.52. The highest BCUT2D eigenvalue weighted by molar-refractivity contribution is 9.10. The van der Waals surface area contributed by atoms with Gasteiger partial charge in [0.15, 0.2) is 12.6 Å². The quantitative estimate of drug-likeness (QED) is 0.380. The molecule has 0 spiro atoms. The van der Waals surface area contributed by atoms with Gasteiger partial charge in [-0.05, 0) is 35.6 Å². The van der Waals surface area contributed by atoms with Crippen LogP contribution in [0.3, 0.4) is 0 Å². The summed E-state index contributed by atoms with van der Waals surface area (Å²) in [5.74, 6) is 0. The lowest BCUT2D eigenvalue weighted by Crippen LogP contribution is -1.86. The summed E-state index contributed by atoms with van der Waals surface area (Å²) in [5, 5.41) is 0. The second-order valence-corrected chi connectivity index (χ2v) is 6.81. The lowest BCUT2D eigenvalue weighted by molar-refractivity contribution is 0.111. The normalized spacial score (nSPS) is 9.68. The van der Waals surface area contributed by atoms with Crippen LogP contribution in [0.2, 0.25) is 0 Å². The van der Waals surface area contributed by atoms with Crippen molar-refractivity contribution in [2.45, 2.75) is 4.90 Å². The first-order valence-corrected chi connectivity index (χ1v) is 9.59. The van der Waals surface area contributed by atoms with Crippen molar-refractivity contribution in [2.75, 3.05) is 6.26 Å². The Morgan fingerprint density at radius 3 is 1.84 bits per heavy atom. The maximum Gasteiger partial charge on any atom is 0.151 e. The van der Waals surface area contributed by atoms with Crippen LogP contribution in [-0.4, -0.2) is 18.8 Å². The molecule has 0 saturated carbocycles. The van der Waals surface area contributed by atoms with E-state index in [1.807, 2.05) is 60.9 Å². The van der Waals surface area contributed by atoms with Crippen LogP contribution in [-0.2, 0) is 0 Å². The molecular weight excluding hydrogens is 396 g/mol. The lowest BCUT2D eigenvalue weighted by atomic mass is 10.0. The van der Waals surface area contributed by atoms with Crippen LogP contribution in [0.1, 0.15) is 20.7 Å². The van der Waals surface area contributed by atoms with Crippen LogP contribution >= 0.6 is 27.7 Å². The minimum atomic E-state index is 0.692. The van der Waals surface area contributed by atoms with Gasteiger partial charge in [0.2, 0.25) is 0 Å².